The molecule has 2 atom stereocenters. The van der Waals surface area contributed by atoms with Gasteiger partial charge in [-0.2, -0.15) is 0 Å². The molecule has 3 heteroatoms. The summed E-state index contributed by atoms with van der Waals surface area (Å²) < 4.78 is 0. The molecule has 0 aromatic heterocycles. The highest BCUT2D eigenvalue weighted by atomic mass is 16.3. The second-order valence-corrected chi connectivity index (χ2v) is 6.31. The number of aliphatic hydroxyl groups is 1. The lowest BCUT2D eigenvalue weighted by atomic mass is 9.79. The third kappa shape index (κ3) is 2.28. The number of para-hydroxylation sites is 1. The van der Waals surface area contributed by atoms with Crippen LogP contribution in [0.15, 0.2) is 72.8 Å². The quantitative estimate of drug-likeness (QED) is 0.882. The molecule has 3 rings (SSSR count). The molecule has 1 amide bonds. The van der Waals surface area contributed by atoms with Gasteiger partial charge >= 0.3 is 0 Å². The van der Waals surface area contributed by atoms with Crippen molar-refractivity contribution < 1.29 is 9.90 Å². The van der Waals surface area contributed by atoms with Gasteiger partial charge in [-0.05, 0) is 23.6 Å². The van der Waals surface area contributed by atoms with Gasteiger partial charge in [-0.25, -0.2) is 0 Å². The smallest absolute Gasteiger partial charge is 0.257 e. The number of carbonyl (C=O) groups excluding carboxylic acids is 1. The van der Waals surface area contributed by atoms with Crippen molar-refractivity contribution >= 4 is 11.6 Å². The number of anilines is 1. The first-order valence-corrected chi connectivity index (χ1v) is 7.83. The fraction of sp³-hybridized carbons (Fsp3) is 0.250. The van der Waals surface area contributed by atoms with Crippen LogP contribution in [-0.4, -0.2) is 17.1 Å². The van der Waals surface area contributed by atoms with Gasteiger partial charge in [-0.3, -0.25) is 4.79 Å². The van der Waals surface area contributed by atoms with Crippen LogP contribution in [0.3, 0.4) is 0 Å². The molecule has 2 aromatic carbocycles. The number of amides is 1. The lowest BCUT2D eigenvalue weighted by molar-refractivity contribution is -0.114. The van der Waals surface area contributed by atoms with Crippen molar-refractivity contribution in [1.29, 1.82) is 0 Å². The van der Waals surface area contributed by atoms with Crippen LogP contribution in [0.5, 0.6) is 0 Å². The highest BCUT2D eigenvalue weighted by Crippen LogP contribution is 2.46. The summed E-state index contributed by atoms with van der Waals surface area (Å²) in [5.41, 5.74) is 0.327. The molecule has 1 fully saturated rings. The van der Waals surface area contributed by atoms with Crippen LogP contribution in [0.1, 0.15) is 19.4 Å². The van der Waals surface area contributed by atoms with Gasteiger partial charge in [0.2, 0.25) is 0 Å². The van der Waals surface area contributed by atoms with E-state index in [-0.39, 0.29) is 17.4 Å². The van der Waals surface area contributed by atoms with Crippen LogP contribution < -0.4 is 4.90 Å². The highest BCUT2D eigenvalue weighted by Gasteiger charge is 2.56. The van der Waals surface area contributed by atoms with Crippen LogP contribution in [0.2, 0.25) is 0 Å². The minimum Gasteiger partial charge on any atom is -0.378 e. The summed E-state index contributed by atoms with van der Waals surface area (Å²) in [6.45, 7) is 7.96. The first kappa shape index (κ1) is 15.5. The Morgan fingerprint density at radius 1 is 1.04 bits per heavy atom. The van der Waals surface area contributed by atoms with Crippen LogP contribution in [0.4, 0.5) is 5.69 Å². The Morgan fingerprint density at radius 2 is 1.57 bits per heavy atom. The van der Waals surface area contributed by atoms with Gasteiger partial charge in [0.25, 0.3) is 5.91 Å². The summed E-state index contributed by atoms with van der Waals surface area (Å²) >= 11 is 0. The van der Waals surface area contributed by atoms with Crippen LogP contribution in [0.25, 0.3) is 0 Å². The van der Waals surface area contributed by atoms with Crippen molar-refractivity contribution in [2.24, 2.45) is 5.92 Å². The predicted molar refractivity (Wildman–Crippen MR) is 92.0 cm³/mol. The Balaban J connectivity index is 2.18. The highest BCUT2D eigenvalue weighted by molar-refractivity contribution is 6.10. The molecule has 2 aromatic rings. The topological polar surface area (TPSA) is 40.5 Å². The second-order valence-electron chi connectivity index (χ2n) is 6.31. The number of nitrogens with zero attached hydrogens (tertiary/aromatic N) is 1. The van der Waals surface area contributed by atoms with Crippen molar-refractivity contribution in [1.82, 2.24) is 0 Å². The fourth-order valence-corrected chi connectivity index (χ4v) is 3.48. The first-order valence-electron chi connectivity index (χ1n) is 7.83. The summed E-state index contributed by atoms with van der Waals surface area (Å²) in [7, 11) is 0. The maximum absolute atomic E-state index is 12.9. The van der Waals surface area contributed by atoms with Crippen molar-refractivity contribution in [3.8, 4) is 0 Å². The Kier molecular flexibility index (Phi) is 3.82. The van der Waals surface area contributed by atoms with Crippen molar-refractivity contribution in [3.63, 3.8) is 0 Å². The molecule has 0 aliphatic carbocycles. The van der Waals surface area contributed by atoms with Crippen LogP contribution in [0, 0.1) is 5.92 Å². The SMILES string of the molecule is C=C1C(=O)N(c2ccccc2)[C@@H](C(C)C)[C@]1(O)c1ccccc1. The number of rotatable bonds is 3. The summed E-state index contributed by atoms with van der Waals surface area (Å²) in [5, 5.41) is 11.5. The molecule has 0 radical (unpaired) electrons. The van der Waals surface area contributed by atoms with E-state index in [2.05, 4.69) is 6.58 Å². The molecule has 1 aliphatic heterocycles. The predicted octanol–water partition coefficient (Wildman–Crippen LogP) is 3.50. The third-order valence-electron chi connectivity index (χ3n) is 4.52. The number of hydrogen-bond donors (Lipinski definition) is 1. The Labute approximate surface area is 136 Å². The minimum atomic E-state index is -1.39. The zero-order chi connectivity index (χ0) is 16.6. The van der Waals surface area contributed by atoms with Gasteiger partial charge in [-0.1, -0.05) is 69.0 Å². The molecule has 1 aliphatic rings. The minimum absolute atomic E-state index is 0.0589. The molecule has 0 spiro atoms. The fourth-order valence-electron chi connectivity index (χ4n) is 3.48. The Hall–Kier alpha value is -2.39. The maximum Gasteiger partial charge on any atom is 0.257 e. The molecule has 1 heterocycles. The standard InChI is InChI=1S/C20H21NO2/c1-14(2)18-20(23,16-10-6-4-7-11-16)15(3)19(22)21(18)17-12-8-5-9-13-17/h4-14,18,23H,3H2,1-2H3/t18-,20+/m0/s1. The van der Waals surface area contributed by atoms with Gasteiger partial charge in [0, 0.05) is 11.3 Å². The van der Waals surface area contributed by atoms with Crippen LogP contribution in [-0.2, 0) is 10.4 Å². The van der Waals surface area contributed by atoms with Crippen molar-refractivity contribution in [2.75, 3.05) is 4.90 Å². The van der Waals surface area contributed by atoms with E-state index < -0.39 is 11.6 Å². The van der Waals surface area contributed by atoms with Gasteiger partial charge in [0.05, 0.1) is 6.04 Å². The van der Waals surface area contributed by atoms with Crippen LogP contribution >= 0.6 is 0 Å². The molecule has 23 heavy (non-hydrogen) atoms. The molecular weight excluding hydrogens is 286 g/mol. The first-order chi connectivity index (χ1) is 11.0. The van der Waals surface area contributed by atoms with E-state index in [1.807, 2.05) is 74.5 Å². The molecular formula is C20H21NO2. The Bertz CT molecular complexity index is 724. The Morgan fingerprint density at radius 3 is 2.09 bits per heavy atom. The average molecular weight is 307 g/mol. The molecule has 0 unspecified atom stereocenters. The van der Waals surface area contributed by atoms with Gasteiger partial charge in [-0.15, -0.1) is 0 Å². The zero-order valence-electron chi connectivity index (χ0n) is 13.4. The van der Waals surface area contributed by atoms with E-state index in [0.717, 1.165) is 5.69 Å². The summed E-state index contributed by atoms with van der Waals surface area (Å²) in [6, 6.07) is 18.4. The summed E-state index contributed by atoms with van der Waals surface area (Å²) in [5.74, 6) is -0.162. The van der Waals surface area contributed by atoms with E-state index in [0.29, 0.717) is 5.56 Å². The number of carbonyl (C=O) groups is 1. The average Bonchev–Trinajstić information content (AvgIpc) is 2.79. The molecule has 1 saturated heterocycles. The van der Waals surface area contributed by atoms with E-state index >= 15 is 0 Å². The van der Waals surface area contributed by atoms with E-state index in [1.54, 1.807) is 4.90 Å². The molecule has 0 saturated carbocycles. The molecule has 1 N–H and O–H groups in total. The van der Waals surface area contributed by atoms with E-state index in [4.69, 9.17) is 0 Å². The second kappa shape index (κ2) is 5.67. The maximum atomic E-state index is 12.9. The van der Waals surface area contributed by atoms with Gasteiger partial charge in [0.1, 0.15) is 5.60 Å². The molecule has 0 bridgehead atoms. The van der Waals surface area contributed by atoms with E-state index in [9.17, 15) is 9.90 Å². The summed E-state index contributed by atoms with van der Waals surface area (Å²) in [6.07, 6.45) is 0. The van der Waals surface area contributed by atoms with Gasteiger partial charge < -0.3 is 10.0 Å². The normalized spacial score (nSPS) is 24.5. The molecule has 118 valence electrons. The lowest BCUT2D eigenvalue weighted by Gasteiger charge is -2.36. The third-order valence-corrected chi connectivity index (χ3v) is 4.52. The monoisotopic (exact) mass is 307 g/mol. The van der Waals surface area contributed by atoms with Crippen molar-refractivity contribution in [2.45, 2.75) is 25.5 Å². The largest absolute Gasteiger partial charge is 0.378 e. The number of hydrogen-bond acceptors (Lipinski definition) is 2. The molecule has 3 nitrogen and oxygen atoms in total. The van der Waals surface area contributed by atoms with Crippen molar-refractivity contribution in [3.05, 3.63) is 78.4 Å². The van der Waals surface area contributed by atoms with E-state index in [1.165, 1.54) is 0 Å². The summed E-state index contributed by atoms with van der Waals surface area (Å²) in [4.78, 5) is 14.6. The number of benzene rings is 2. The zero-order valence-corrected chi connectivity index (χ0v) is 13.4. The van der Waals surface area contributed by atoms with Gasteiger partial charge in [0.15, 0.2) is 0 Å². The lowest BCUT2D eigenvalue weighted by Crippen LogP contribution is -2.47.